The Labute approximate surface area is 163 Å². The number of unbranched alkanes of at least 4 members (excludes halogenated alkanes) is 1. The van der Waals surface area contributed by atoms with E-state index in [0.717, 1.165) is 18.5 Å². The Hall–Kier alpha value is -2.24. The Bertz CT molecular complexity index is 764. The summed E-state index contributed by atoms with van der Waals surface area (Å²) in [6.07, 6.45) is 1.99. The van der Waals surface area contributed by atoms with E-state index in [0.29, 0.717) is 27.8 Å². The highest BCUT2D eigenvalue weighted by molar-refractivity contribution is 6.44. The van der Waals surface area contributed by atoms with Gasteiger partial charge in [0.05, 0.1) is 22.3 Å². The molecule has 0 heterocycles. The van der Waals surface area contributed by atoms with Gasteiger partial charge in [-0.25, -0.2) is 0 Å². The molecule has 2 rings (SSSR count). The number of hydrogen-bond donors (Lipinski definition) is 3. The molecule has 3 N–H and O–H groups in total. The van der Waals surface area contributed by atoms with Gasteiger partial charge in [-0.1, -0.05) is 42.6 Å². The number of hydrogen-bond acceptors (Lipinski definition) is 3. The van der Waals surface area contributed by atoms with Crippen molar-refractivity contribution in [3.8, 4) is 0 Å². The van der Waals surface area contributed by atoms with Gasteiger partial charge < -0.3 is 16.0 Å². The lowest BCUT2D eigenvalue weighted by Crippen LogP contribution is -2.24. The Morgan fingerprint density at radius 3 is 2.46 bits per heavy atom. The SMILES string of the molecule is CCCCNC(=O)c1ccc(NCC(=O)Nc2cccc(Cl)c2Cl)cc1. The molecule has 0 saturated carbocycles. The van der Waals surface area contributed by atoms with Gasteiger partial charge in [0.2, 0.25) is 5.91 Å². The van der Waals surface area contributed by atoms with Gasteiger partial charge in [-0.3, -0.25) is 9.59 Å². The summed E-state index contributed by atoms with van der Waals surface area (Å²) < 4.78 is 0. The van der Waals surface area contributed by atoms with E-state index in [1.165, 1.54) is 0 Å². The van der Waals surface area contributed by atoms with Crippen LogP contribution in [-0.4, -0.2) is 24.9 Å². The molecule has 26 heavy (non-hydrogen) atoms. The number of anilines is 2. The minimum atomic E-state index is -0.254. The van der Waals surface area contributed by atoms with Gasteiger partial charge in [0, 0.05) is 17.8 Å². The molecule has 2 aromatic carbocycles. The van der Waals surface area contributed by atoms with Crippen LogP contribution in [0.4, 0.5) is 11.4 Å². The van der Waals surface area contributed by atoms with Gasteiger partial charge in [0.15, 0.2) is 0 Å². The van der Waals surface area contributed by atoms with Gasteiger partial charge in [0.1, 0.15) is 0 Å². The zero-order valence-electron chi connectivity index (χ0n) is 14.4. The van der Waals surface area contributed by atoms with E-state index in [9.17, 15) is 9.59 Å². The number of amides is 2. The van der Waals surface area contributed by atoms with Crippen LogP contribution in [0.2, 0.25) is 10.0 Å². The van der Waals surface area contributed by atoms with Crippen molar-refractivity contribution in [1.82, 2.24) is 5.32 Å². The summed E-state index contributed by atoms with van der Waals surface area (Å²) in [5.74, 6) is -0.353. The fourth-order valence-electron chi connectivity index (χ4n) is 2.20. The maximum Gasteiger partial charge on any atom is 0.251 e. The molecule has 138 valence electrons. The smallest absolute Gasteiger partial charge is 0.251 e. The van der Waals surface area contributed by atoms with Crippen molar-refractivity contribution in [3.05, 3.63) is 58.1 Å². The molecule has 0 atom stereocenters. The summed E-state index contributed by atoms with van der Waals surface area (Å²) in [7, 11) is 0. The second-order valence-electron chi connectivity index (χ2n) is 5.69. The molecule has 0 saturated heterocycles. The number of halogens is 2. The molecule has 0 bridgehead atoms. The van der Waals surface area contributed by atoms with Crippen molar-refractivity contribution in [3.63, 3.8) is 0 Å². The fourth-order valence-corrected chi connectivity index (χ4v) is 2.55. The van der Waals surface area contributed by atoms with Gasteiger partial charge in [0.25, 0.3) is 5.91 Å². The minimum Gasteiger partial charge on any atom is -0.376 e. The molecule has 0 aliphatic heterocycles. The molecule has 0 aromatic heterocycles. The fraction of sp³-hybridized carbons (Fsp3) is 0.263. The van der Waals surface area contributed by atoms with Crippen molar-refractivity contribution in [2.24, 2.45) is 0 Å². The first-order chi connectivity index (χ1) is 12.5. The molecule has 7 heteroatoms. The zero-order valence-corrected chi connectivity index (χ0v) is 16.0. The van der Waals surface area contributed by atoms with Gasteiger partial charge in [-0.05, 0) is 42.8 Å². The molecule has 0 unspecified atom stereocenters. The highest BCUT2D eigenvalue weighted by Gasteiger charge is 2.09. The van der Waals surface area contributed by atoms with Crippen molar-refractivity contribution >= 4 is 46.4 Å². The average molecular weight is 394 g/mol. The van der Waals surface area contributed by atoms with E-state index >= 15 is 0 Å². The number of carbonyl (C=O) groups is 2. The summed E-state index contributed by atoms with van der Waals surface area (Å²) in [6, 6.07) is 12.0. The van der Waals surface area contributed by atoms with Crippen molar-refractivity contribution in [2.75, 3.05) is 23.7 Å². The second-order valence-corrected chi connectivity index (χ2v) is 6.48. The van der Waals surface area contributed by atoms with Crippen LogP contribution in [0.1, 0.15) is 30.1 Å². The van der Waals surface area contributed by atoms with E-state index in [4.69, 9.17) is 23.2 Å². The Kier molecular flexibility index (Phi) is 7.75. The van der Waals surface area contributed by atoms with Crippen LogP contribution in [0.5, 0.6) is 0 Å². The minimum absolute atomic E-state index is 0.0604. The lowest BCUT2D eigenvalue weighted by Gasteiger charge is -2.10. The van der Waals surface area contributed by atoms with E-state index < -0.39 is 0 Å². The molecular weight excluding hydrogens is 373 g/mol. The molecule has 0 aliphatic carbocycles. The molecule has 2 aromatic rings. The maximum absolute atomic E-state index is 12.0. The molecule has 0 radical (unpaired) electrons. The lowest BCUT2D eigenvalue weighted by molar-refractivity contribution is -0.114. The van der Waals surface area contributed by atoms with Crippen LogP contribution in [0, 0.1) is 0 Å². The van der Waals surface area contributed by atoms with Crippen LogP contribution in [0.15, 0.2) is 42.5 Å². The first-order valence-corrected chi connectivity index (χ1v) is 9.13. The molecule has 0 fully saturated rings. The van der Waals surface area contributed by atoms with Crippen LogP contribution >= 0.6 is 23.2 Å². The normalized spacial score (nSPS) is 10.3. The predicted molar refractivity (Wildman–Crippen MR) is 107 cm³/mol. The van der Waals surface area contributed by atoms with Crippen LogP contribution in [0.3, 0.4) is 0 Å². The summed E-state index contributed by atoms with van der Waals surface area (Å²) >= 11 is 12.0. The molecule has 2 amide bonds. The third-order valence-corrected chi connectivity index (χ3v) is 4.46. The standard InChI is InChI=1S/C19H21Cl2N3O2/c1-2-3-11-22-19(26)13-7-9-14(10-8-13)23-12-17(25)24-16-6-4-5-15(20)18(16)21/h4-10,23H,2-3,11-12H2,1H3,(H,22,26)(H,24,25). The van der Waals surface area contributed by atoms with E-state index in [-0.39, 0.29) is 18.4 Å². The van der Waals surface area contributed by atoms with Crippen molar-refractivity contribution < 1.29 is 9.59 Å². The molecule has 5 nitrogen and oxygen atoms in total. The zero-order chi connectivity index (χ0) is 18.9. The molecule has 0 aliphatic rings. The first-order valence-electron chi connectivity index (χ1n) is 8.37. The van der Waals surface area contributed by atoms with Gasteiger partial charge in [-0.2, -0.15) is 0 Å². The molecular formula is C19H21Cl2N3O2. The van der Waals surface area contributed by atoms with Gasteiger partial charge >= 0.3 is 0 Å². The monoisotopic (exact) mass is 393 g/mol. The average Bonchev–Trinajstić information content (AvgIpc) is 2.64. The number of nitrogens with one attached hydrogen (secondary N) is 3. The number of carbonyl (C=O) groups excluding carboxylic acids is 2. The highest BCUT2D eigenvalue weighted by atomic mass is 35.5. The van der Waals surface area contributed by atoms with E-state index in [1.807, 2.05) is 0 Å². The Morgan fingerprint density at radius 2 is 1.77 bits per heavy atom. The number of benzene rings is 2. The molecule has 0 spiro atoms. The Morgan fingerprint density at radius 1 is 1.04 bits per heavy atom. The predicted octanol–water partition coefficient (Wildman–Crippen LogP) is 4.57. The van der Waals surface area contributed by atoms with Gasteiger partial charge in [-0.15, -0.1) is 0 Å². The summed E-state index contributed by atoms with van der Waals surface area (Å²) in [4.78, 5) is 24.0. The van der Waals surface area contributed by atoms with Crippen LogP contribution < -0.4 is 16.0 Å². The summed E-state index contributed by atoms with van der Waals surface area (Å²) in [5.41, 5.74) is 1.79. The number of rotatable bonds is 8. The summed E-state index contributed by atoms with van der Waals surface area (Å²) in [5, 5.41) is 9.24. The van der Waals surface area contributed by atoms with E-state index in [2.05, 4.69) is 22.9 Å². The Balaban J connectivity index is 1.84. The quantitative estimate of drug-likeness (QED) is 0.575. The lowest BCUT2D eigenvalue weighted by atomic mass is 10.2. The third kappa shape index (κ3) is 5.93. The second kappa shape index (κ2) is 10.0. The largest absolute Gasteiger partial charge is 0.376 e. The maximum atomic E-state index is 12.0. The third-order valence-electron chi connectivity index (χ3n) is 3.64. The van der Waals surface area contributed by atoms with E-state index in [1.54, 1.807) is 42.5 Å². The van der Waals surface area contributed by atoms with Crippen LogP contribution in [0.25, 0.3) is 0 Å². The van der Waals surface area contributed by atoms with Crippen LogP contribution in [-0.2, 0) is 4.79 Å². The first kappa shape index (κ1) is 20.1. The highest BCUT2D eigenvalue weighted by Crippen LogP contribution is 2.29. The van der Waals surface area contributed by atoms with Crippen molar-refractivity contribution in [2.45, 2.75) is 19.8 Å². The summed E-state index contributed by atoms with van der Waals surface area (Å²) in [6.45, 7) is 2.80. The van der Waals surface area contributed by atoms with Crippen molar-refractivity contribution in [1.29, 1.82) is 0 Å². The topological polar surface area (TPSA) is 70.2 Å².